The van der Waals surface area contributed by atoms with Gasteiger partial charge in [-0.25, -0.2) is 0 Å². The molecule has 0 aromatic heterocycles. The van der Waals surface area contributed by atoms with Gasteiger partial charge >= 0.3 is 0 Å². The summed E-state index contributed by atoms with van der Waals surface area (Å²) in [5.41, 5.74) is 3.81. The highest BCUT2D eigenvalue weighted by atomic mass is 35.5. The molecule has 0 saturated carbocycles. The molecule has 0 spiro atoms. The van der Waals surface area contributed by atoms with Gasteiger partial charge in [-0.15, -0.1) is 0 Å². The summed E-state index contributed by atoms with van der Waals surface area (Å²) in [6.07, 6.45) is 4.51. The number of amides is 1. The van der Waals surface area contributed by atoms with Gasteiger partial charge in [0.1, 0.15) is 0 Å². The van der Waals surface area contributed by atoms with Crippen LogP contribution in [0.5, 0.6) is 0 Å². The number of carbonyl (C=O) groups is 1. The average molecular weight is 234 g/mol. The van der Waals surface area contributed by atoms with Crippen molar-refractivity contribution in [1.82, 2.24) is 5.32 Å². The van der Waals surface area contributed by atoms with Crippen molar-refractivity contribution in [3.63, 3.8) is 0 Å². The smallest absolute Gasteiger partial charge is 0.224 e. The molecule has 1 aromatic rings. The molecule has 0 radical (unpaired) electrons. The molecule has 2 aliphatic rings. The maximum atomic E-state index is 11.3. The Morgan fingerprint density at radius 1 is 1.38 bits per heavy atom. The second-order valence-corrected chi connectivity index (χ2v) is 4.76. The molecule has 82 valence electrons. The van der Waals surface area contributed by atoms with E-state index in [1.165, 1.54) is 16.7 Å². The van der Waals surface area contributed by atoms with Gasteiger partial charge in [0.2, 0.25) is 5.91 Å². The number of halogens is 1. The second kappa shape index (κ2) is 3.63. The van der Waals surface area contributed by atoms with Gasteiger partial charge in [0, 0.05) is 11.4 Å². The lowest BCUT2D eigenvalue weighted by Crippen LogP contribution is -2.40. The molecule has 1 aromatic carbocycles. The van der Waals surface area contributed by atoms with Crippen LogP contribution in [0.2, 0.25) is 5.02 Å². The van der Waals surface area contributed by atoms with Crippen molar-refractivity contribution in [3.05, 3.63) is 40.4 Å². The van der Waals surface area contributed by atoms with Crippen LogP contribution in [0.15, 0.2) is 24.3 Å². The number of rotatable bonds is 0. The molecule has 1 aliphatic heterocycles. The molecular formula is C13H12ClNO. The van der Waals surface area contributed by atoms with Gasteiger partial charge in [-0.3, -0.25) is 4.79 Å². The Labute approximate surface area is 99.3 Å². The van der Waals surface area contributed by atoms with E-state index in [1.54, 1.807) is 0 Å². The van der Waals surface area contributed by atoms with Crippen molar-refractivity contribution in [2.45, 2.75) is 25.3 Å². The van der Waals surface area contributed by atoms with E-state index in [-0.39, 0.29) is 11.9 Å². The normalized spacial score (nSPS) is 22.9. The Morgan fingerprint density at radius 2 is 2.25 bits per heavy atom. The minimum atomic E-state index is 0.131. The zero-order valence-electron chi connectivity index (χ0n) is 8.79. The van der Waals surface area contributed by atoms with Crippen LogP contribution in [-0.2, 0) is 11.2 Å². The molecule has 0 fully saturated rings. The topological polar surface area (TPSA) is 29.1 Å². The summed E-state index contributed by atoms with van der Waals surface area (Å²) in [6, 6.07) is 6.22. The first-order valence-corrected chi connectivity index (χ1v) is 5.90. The van der Waals surface area contributed by atoms with E-state index in [0.29, 0.717) is 6.42 Å². The van der Waals surface area contributed by atoms with Gasteiger partial charge in [-0.05, 0) is 41.7 Å². The monoisotopic (exact) mass is 233 g/mol. The quantitative estimate of drug-likeness (QED) is 0.733. The highest BCUT2D eigenvalue weighted by Crippen LogP contribution is 2.34. The summed E-state index contributed by atoms with van der Waals surface area (Å²) < 4.78 is 0. The molecule has 1 aliphatic carbocycles. The largest absolute Gasteiger partial charge is 0.349 e. The molecule has 16 heavy (non-hydrogen) atoms. The summed E-state index contributed by atoms with van der Waals surface area (Å²) in [5, 5.41) is 3.82. The Kier molecular flexibility index (Phi) is 2.25. The number of fused-ring (bicyclic) bond motifs is 3. The first kappa shape index (κ1) is 9.91. The Hall–Kier alpha value is -1.28. The zero-order chi connectivity index (χ0) is 11.1. The first-order valence-electron chi connectivity index (χ1n) is 5.52. The zero-order valence-corrected chi connectivity index (χ0v) is 9.55. The van der Waals surface area contributed by atoms with Crippen LogP contribution in [-0.4, -0.2) is 11.9 Å². The number of hydrogen-bond acceptors (Lipinski definition) is 1. The van der Waals surface area contributed by atoms with Crippen LogP contribution in [0.25, 0.3) is 5.57 Å². The first-order chi connectivity index (χ1) is 7.74. The van der Waals surface area contributed by atoms with Crippen molar-refractivity contribution < 1.29 is 4.79 Å². The third kappa shape index (κ3) is 1.54. The van der Waals surface area contributed by atoms with Crippen LogP contribution < -0.4 is 5.32 Å². The molecule has 0 bridgehead atoms. The third-order valence-corrected chi connectivity index (χ3v) is 3.53. The summed E-state index contributed by atoms with van der Waals surface area (Å²) >= 11 is 5.99. The van der Waals surface area contributed by atoms with Gasteiger partial charge in [-0.1, -0.05) is 23.7 Å². The van der Waals surface area contributed by atoms with E-state index in [2.05, 4.69) is 17.5 Å². The van der Waals surface area contributed by atoms with Crippen LogP contribution in [0.4, 0.5) is 0 Å². The second-order valence-electron chi connectivity index (χ2n) is 4.32. The predicted octanol–water partition coefficient (Wildman–Crippen LogP) is 2.56. The lowest BCUT2D eigenvalue weighted by atomic mass is 9.82. The molecule has 1 atom stereocenters. The minimum absolute atomic E-state index is 0.131. The number of aryl methyl sites for hydroxylation is 1. The van der Waals surface area contributed by atoms with Gasteiger partial charge in [0.05, 0.1) is 6.04 Å². The maximum absolute atomic E-state index is 11.3. The van der Waals surface area contributed by atoms with Crippen LogP contribution in [0, 0.1) is 0 Å². The fourth-order valence-corrected chi connectivity index (χ4v) is 2.75. The van der Waals surface area contributed by atoms with Crippen molar-refractivity contribution in [1.29, 1.82) is 0 Å². The minimum Gasteiger partial charge on any atom is -0.349 e. The van der Waals surface area contributed by atoms with Gasteiger partial charge in [0.25, 0.3) is 0 Å². The molecule has 1 N–H and O–H groups in total. The molecule has 3 rings (SSSR count). The van der Waals surface area contributed by atoms with Crippen LogP contribution in [0.3, 0.4) is 0 Å². The fourth-order valence-electron chi connectivity index (χ4n) is 2.55. The number of benzene rings is 1. The molecule has 2 nitrogen and oxygen atoms in total. The Morgan fingerprint density at radius 3 is 3.12 bits per heavy atom. The van der Waals surface area contributed by atoms with E-state index >= 15 is 0 Å². The highest BCUT2D eigenvalue weighted by molar-refractivity contribution is 6.30. The van der Waals surface area contributed by atoms with Gasteiger partial charge < -0.3 is 5.32 Å². The van der Waals surface area contributed by atoms with Gasteiger partial charge in [-0.2, -0.15) is 0 Å². The van der Waals surface area contributed by atoms with Crippen LogP contribution in [0.1, 0.15) is 24.0 Å². The summed E-state index contributed by atoms with van der Waals surface area (Å²) in [4.78, 5) is 11.3. The molecule has 1 unspecified atom stereocenters. The lowest BCUT2D eigenvalue weighted by molar-refractivity contribution is -0.120. The van der Waals surface area contributed by atoms with Crippen molar-refractivity contribution in [3.8, 4) is 0 Å². The van der Waals surface area contributed by atoms with Crippen molar-refractivity contribution in [2.24, 2.45) is 0 Å². The van der Waals surface area contributed by atoms with E-state index in [4.69, 9.17) is 11.6 Å². The lowest BCUT2D eigenvalue weighted by Gasteiger charge is -2.31. The summed E-state index contributed by atoms with van der Waals surface area (Å²) in [6.45, 7) is 0. The number of carbonyl (C=O) groups excluding carboxylic acids is 1. The molecule has 1 heterocycles. The standard InChI is InChI=1S/C13H12ClNO/c14-9-2-3-10-8(7-9)1-5-12-11(10)4-6-13(16)15-12/h2-4,7,12H,1,5-6H2,(H,15,16). The fraction of sp³-hybridized carbons (Fsp3) is 0.308. The predicted molar refractivity (Wildman–Crippen MR) is 64.3 cm³/mol. The Balaban J connectivity index is 2.09. The third-order valence-electron chi connectivity index (χ3n) is 3.30. The highest BCUT2D eigenvalue weighted by Gasteiger charge is 2.27. The van der Waals surface area contributed by atoms with Crippen molar-refractivity contribution in [2.75, 3.05) is 0 Å². The average Bonchev–Trinajstić information content (AvgIpc) is 2.28. The molecule has 0 saturated heterocycles. The molecular weight excluding hydrogens is 222 g/mol. The van der Waals surface area contributed by atoms with Crippen molar-refractivity contribution >= 4 is 23.1 Å². The van der Waals surface area contributed by atoms with E-state index in [0.717, 1.165) is 17.9 Å². The van der Waals surface area contributed by atoms with E-state index in [9.17, 15) is 4.79 Å². The summed E-state index contributed by atoms with van der Waals surface area (Å²) in [5.74, 6) is 0.131. The Bertz CT molecular complexity index is 493. The van der Waals surface area contributed by atoms with Crippen LogP contribution >= 0.6 is 11.6 Å². The molecule has 3 heteroatoms. The van der Waals surface area contributed by atoms with E-state index in [1.807, 2.05) is 12.1 Å². The van der Waals surface area contributed by atoms with E-state index < -0.39 is 0 Å². The SMILES string of the molecule is O=C1CC=C2c3ccc(Cl)cc3CCC2N1. The number of nitrogens with one attached hydrogen (secondary N) is 1. The summed E-state index contributed by atoms with van der Waals surface area (Å²) in [7, 11) is 0. The maximum Gasteiger partial charge on any atom is 0.224 e. The number of hydrogen-bond donors (Lipinski definition) is 1. The molecule has 1 amide bonds. The van der Waals surface area contributed by atoms with Gasteiger partial charge in [0.15, 0.2) is 0 Å².